The van der Waals surface area contributed by atoms with Crippen LogP contribution in [0.25, 0.3) is 11.2 Å². The number of hydrogen-bond acceptors (Lipinski definition) is 12. The van der Waals surface area contributed by atoms with Crippen LogP contribution in [-0.2, 0) is 25.7 Å². The third-order valence-electron chi connectivity index (χ3n) is 14.2. The molecule has 7 rings (SSSR count). The summed E-state index contributed by atoms with van der Waals surface area (Å²) in [4.78, 5) is 60.3. The van der Waals surface area contributed by atoms with Crippen LogP contribution in [0.15, 0.2) is 25.3 Å². The first-order chi connectivity index (χ1) is 24.7. The summed E-state index contributed by atoms with van der Waals surface area (Å²) in [7, 11) is 0. The lowest BCUT2D eigenvalue weighted by molar-refractivity contribution is -0.252. The summed E-state index contributed by atoms with van der Waals surface area (Å²) < 4.78 is 8.16. The Balaban J connectivity index is 0.994. The number of imidazole rings is 1. The molecule has 4 heterocycles. The van der Waals surface area contributed by atoms with Crippen molar-refractivity contribution in [2.75, 3.05) is 50.7 Å². The Labute approximate surface area is 305 Å². The van der Waals surface area contributed by atoms with Crippen LogP contribution in [0, 0.1) is 28.1 Å². The lowest BCUT2D eigenvalue weighted by Crippen LogP contribution is -2.69. The number of hydrogen-bond donors (Lipinski definition) is 3. The molecule has 3 aliphatic carbocycles. The van der Waals surface area contributed by atoms with Crippen LogP contribution >= 0.6 is 0 Å². The zero-order chi connectivity index (χ0) is 37.2. The predicted octanol–water partition coefficient (Wildman–Crippen LogP) is 1.92. The van der Waals surface area contributed by atoms with Gasteiger partial charge in [-0.15, -0.1) is 6.58 Å². The van der Waals surface area contributed by atoms with E-state index in [-0.39, 0.29) is 43.2 Å². The largest absolute Gasteiger partial charge is 0.458 e. The number of ketones is 1. The normalized spacial score (nSPS) is 38.4. The van der Waals surface area contributed by atoms with E-state index in [0.29, 0.717) is 69.6 Å². The van der Waals surface area contributed by atoms with Gasteiger partial charge in [-0.1, -0.05) is 26.8 Å². The number of piperidine rings is 1. The van der Waals surface area contributed by atoms with Crippen LogP contribution in [0.2, 0.25) is 0 Å². The first-order valence-electron chi connectivity index (χ1n) is 19.1. The van der Waals surface area contributed by atoms with E-state index >= 15 is 0 Å². The van der Waals surface area contributed by atoms with E-state index in [4.69, 9.17) is 10.5 Å². The Kier molecular flexibility index (Phi) is 9.53. The van der Waals surface area contributed by atoms with E-state index in [0.717, 1.165) is 25.2 Å². The summed E-state index contributed by atoms with van der Waals surface area (Å²) in [6, 6.07) is 0.0856. The van der Waals surface area contributed by atoms with E-state index in [1.54, 1.807) is 21.9 Å². The molecule has 3 saturated carbocycles. The summed E-state index contributed by atoms with van der Waals surface area (Å²) in [5.74, 6) is -0.388. The highest BCUT2D eigenvalue weighted by molar-refractivity contribution is 5.86. The SMILES string of the molecule is C=CC1(C)CC(O)C2(C)C3C(=O)CCC3(CCC2(C)OC(=O)CN2CCN(C(=O)Cn3cnc4c(N5CCCC(N)C5)ncnc43)CC2)C(C)C1O. The van der Waals surface area contributed by atoms with Gasteiger partial charge in [0.2, 0.25) is 5.91 Å². The minimum Gasteiger partial charge on any atom is -0.458 e. The van der Waals surface area contributed by atoms with Gasteiger partial charge in [0, 0.05) is 68.5 Å². The minimum atomic E-state index is -1.10. The van der Waals surface area contributed by atoms with Crippen molar-refractivity contribution >= 4 is 34.6 Å². The van der Waals surface area contributed by atoms with E-state index in [1.807, 2.05) is 32.6 Å². The Morgan fingerprint density at radius 2 is 1.81 bits per heavy atom. The summed E-state index contributed by atoms with van der Waals surface area (Å²) in [5.41, 5.74) is 4.05. The van der Waals surface area contributed by atoms with Gasteiger partial charge in [-0.25, -0.2) is 15.0 Å². The molecule has 5 aliphatic rings. The molecule has 9 unspecified atom stereocenters. The number of rotatable bonds is 7. The average Bonchev–Trinajstić information content (AvgIpc) is 3.70. The second-order valence-electron chi connectivity index (χ2n) is 17.0. The van der Waals surface area contributed by atoms with Crippen LogP contribution in [-0.4, -0.2) is 127 Å². The van der Waals surface area contributed by atoms with Gasteiger partial charge >= 0.3 is 5.97 Å². The number of nitrogens with zero attached hydrogens (tertiary/aromatic N) is 7. The zero-order valence-electron chi connectivity index (χ0n) is 31.2. The highest BCUT2D eigenvalue weighted by Crippen LogP contribution is 2.69. The van der Waals surface area contributed by atoms with Gasteiger partial charge in [-0.2, -0.15) is 0 Å². The van der Waals surface area contributed by atoms with E-state index in [9.17, 15) is 24.6 Å². The molecular formula is C38H56N8O6. The number of Topliss-reactive ketones (excluding diaryl/α,β-unsaturated/α-hetero) is 1. The van der Waals surface area contributed by atoms with Crippen molar-refractivity contribution in [3.63, 3.8) is 0 Å². The minimum absolute atomic E-state index is 0.0407. The number of carbonyl (C=O) groups is 3. The Morgan fingerprint density at radius 3 is 2.52 bits per heavy atom. The van der Waals surface area contributed by atoms with Crippen LogP contribution < -0.4 is 10.6 Å². The number of aliphatic hydroxyl groups is 2. The molecule has 0 spiro atoms. The maximum atomic E-state index is 13.7. The van der Waals surface area contributed by atoms with Gasteiger partial charge in [0.25, 0.3) is 0 Å². The molecule has 284 valence electrons. The Hall–Kier alpha value is -3.46. The summed E-state index contributed by atoms with van der Waals surface area (Å²) >= 11 is 0. The highest BCUT2D eigenvalue weighted by atomic mass is 16.6. The number of piperazine rings is 1. The van der Waals surface area contributed by atoms with E-state index in [2.05, 4.69) is 26.4 Å². The number of aromatic nitrogens is 4. The standard InChI is InChI=1S/C38H56N8O6/c1-6-35(3)18-27(48)37(5)31-26(47)9-10-38(31,24(2)32(35)51)12-11-36(37,4)52-29(50)21-43-14-16-44(17-15-43)28(49)20-46-23-42-30-33(40-22-41-34(30)46)45-13-7-8-25(39)19-45/h6,22-25,27,31-32,48,51H,1,7-21,39H2,2-5H3. The molecule has 0 aromatic carbocycles. The Morgan fingerprint density at radius 1 is 1.06 bits per heavy atom. The molecule has 5 fully saturated rings. The number of esters is 1. The first kappa shape index (κ1) is 36.9. The number of fused-ring (bicyclic) bond motifs is 1. The zero-order valence-corrected chi connectivity index (χ0v) is 31.2. The summed E-state index contributed by atoms with van der Waals surface area (Å²) in [6.07, 6.45) is 7.43. The van der Waals surface area contributed by atoms with Gasteiger partial charge in [-0.05, 0) is 56.8 Å². The maximum Gasteiger partial charge on any atom is 0.320 e. The molecule has 2 aliphatic heterocycles. The number of carbonyl (C=O) groups excluding carboxylic acids is 3. The highest BCUT2D eigenvalue weighted by Gasteiger charge is 2.72. The van der Waals surface area contributed by atoms with Crippen LogP contribution in [0.1, 0.15) is 72.6 Å². The van der Waals surface area contributed by atoms with Crippen LogP contribution in [0.3, 0.4) is 0 Å². The van der Waals surface area contributed by atoms with Gasteiger partial charge in [-0.3, -0.25) is 19.3 Å². The monoisotopic (exact) mass is 720 g/mol. The van der Waals surface area contributed by atoms with Gasteiger partial charge in [0.1, 0.15) is 24.3 Å². The molecule has 2 bridgehead atoms. The number of ether oxygens (including phenoxy) is 1. The van der Waals surface area contributed by atoms with Crippen molar-refractivity contribution in [2.24, 2.45) is 33.8 Å². The quantitative estimate of drug-likeness (QED) is 0.280. The predicted molar refractivity (Wildman–Crippen MR) is 194 cm³/mol. The number of amides is 1. The van der Waals surface area contributed by atoms with Crippen LogP contribution in [0.4, 0.5) is 5.82 Å². The lowest BCUT2D eigenvalue weighted by Gasteiger charge is -2.64. The Bertz CT molecular complexity index is 1730. The fourth-order valence-corrected chi connectivity index (χ4v) is 10.8. The van der Waals surface area contributed by atoms with Crippen LogP contribution in [0.5, 0.6) is 0 Å². The molecule has 0 radical (unpaired) electrons. The number of nitrogens with two attached hydrogens (primary N) is 1. The molecule has 2 aromatic rings. The molecule has 14 nitrogen and oxygen atoms in total. The summed E-state index contributed by atoms with van der Waals surface area (Å²) in [6.45, 7) is 15.4. The fourth-order valence-electron chi connectivity index (χ4n) is 10.8. The smallest absolute Gasteiger partial charge is 0.320 e. The van der Waals surface area contributed by atoms with Crippen molar-refractivity contribution in [1.29, 1.82) is 0 Å². The molecule has 2 saturated heterocycles. The van der Waals surface area contributed by atoms with Crippen molar-refractivity contribution in [1.82, 2.24) is 29.3 Å². The molecular weight excluding hydrogens is 664 g/mol. The molecule has 2 aromatic heterocycles. The van der Waals surface area contributed by atoms with E-state index < -0.39 is 45.9 Å². The molecule has 4 N–H and O–H groups in total. The average molecular weight is 721 g/mol. The fraction of sp³-hybridized carbons (Fsp3) is 0.737. The van der Waals surface area contributed by atoms with Gasteiger partial charge in [0.15, 0.2) is 17.0 Å². The maximum absolute atomic E-state index is 13.7. The van der Waals surface area contributed by atoms with Crippen molar-refractivity contribution in [3.05, 3.63) is 25.3 Å². The molecule has 9 atom stereocenters. The second-order valence-corrected chi connectivity index (χ2v) is 17.0. The van der Waals surface area contributed by atoms with E-state index in [1.165, 1.54) is 6.33 Å². The third-order valence-corrected chi connectivity index (χ3v) is 14.2. The molecule has 52 heavy (non-hydrogen) atoms. The topological polar surface area (TPSA) is 180 Å². The lowest BCUT2D eigenvalue weighted by atomic mass is 9.42. The van der Waals surface area contributed by atoms with Crippen molar-refractivity contribution in [2.45, 2.75) is 103 Å². The first-order valence-corrected chi connectivity index (χ1v) is 19.1. The van der Waals surface area contributed by atoms with Gasteiger partial charge in [0.05, 0.1) is 25.1 Å². The second kappa shape index (κ2) is 13.4. The van der Waals surface area contributed by atoms with Gasteiger partial charge < -0.3 is 35.1 Å². The molecule has 14 heteroatoms. The van der Waals surface area contributed by atoms with Crippen molar-refractivity contribution < 1.29 is 29.3 Å². The van der Waals surface area contributed by atoms with Crippen molar-refractivity contribution in [3.8, 4) is 0 Å². The number of anilines is 1. The number of aliphatic hydroxyl groups excluding tert-OH is 2. The third kappa shape index (κ3) is 5.84. The summed E-state index contributed by atoms with van der Waals surface area (Å²) in [5, 5.41) is 23.6. The molecule has 1 amide bonds.